The lowest BCUT2D eigenvalue weighted by Gasteiger charge is -2.25. The molecule has 4 nitrogen and oxygen atoms in total. The third-order valence-corrected chi connectivity index (χ3v) is 5.45. The number of hydrogen-bond donors (Lipinski definition) is 1. The summed E-state index contributed by atoms with van der Waals surface area (Å²) in [5.41, 5.74) is -0.256. The minimum atomic E-state index is -4.43. The van der Waals surface area contributed by atoms with Crippen LogP contribution >= 0.6 is 35.4 Å². The van der Waals surface area contributed by atoms with Crippen LogP contribution in [0.2, 0.25) is 10.0 Å². The number of hydrogen-bond acceptors (Lipinski definition) is 3. The van der Waals surface area contributed by atoms with E-state index >= 15 is 0 Å². The summed E-state index contributed by atoms with van der Waals surface area (Å²) in [5.74, 6) is 0. The molecule has 1 atom stereocenters. The predicted molar refractivity (Wildman–Crippen MR) is 115 cm³/mol. The SMILES string of the molecule is Cc1c2cc(Cl)cc(Cl)c2nn1CC(C)(C#N)NC(=S)c1ccc(C(F)(F)F)cc1. The zero-order chi connectivity index (χ0) is 22.3. The van der Waals surface area contributed by atoms with Crippen molar-refractivity contribution in [3.05, 3.63) is 63.3 Å². The Hall–Kier alpha value is -2.34. The maximum Gasteiger partial charge on any atom is 0.416 e. The normalized spacial score (nSPS) is 13.7. The highest BCUT2D eigenvalue weighted by Crippen LogP contribution is 2.30. The van der Waals surface area contributed by atoms with E-state index in [1.165, 1.54) is 12.1 Å². The first-order chi connectivity index (χ1) is 13.9. The number of fused-ring (bicyclic) bond motifs is 1. The Morgan fingerprint density at radius 1 is 1.23 bits per heavy atom. The van der Waals surface area contributed by atoms with Crippen molar-refractivity contribution in [2.75, 3.05) is 0 Å². The molecule has 30 heavy (non-hydrogen) atoms. The van der Waals surface area contributed by atoms with Crippen molar-refractivity contribution in [3.8, 4) is 6.07 Å². The average Bonchev–Trinajstić information content (AvgIpc) is 2.97. The average molecular weight is 471 g/mol. The zero-order valence-electron chi connectivity index (χ0n) is 15.8. The smallest absolute Gasteiger partial charge is 0.357 e. The molecule has 0 saturated carbocycles. The molecule has 1 unspecified atom stereocenters. The molecule has 156 valence electrons. The van der Waals surface area contributed by atoms with Gasteiger partial charge in [0, 0.05) is 21.7 Å². The van der Waals surface area contributed by atoms with Crippen molar-refractivity contribution in [1.82, 2.24) is 15.1 Å². The van der Waals surface area contributed by atoms with Crippen molar-refractivity contribution in [3.63, 3.8) is 0 Å². The Kier molecular flexibility index (Phi) is 6.01. The number of nitrogens with zero attached hydrogens (tertiary/aromatic N) is 3. The second-order valence-electron chi connectivity index (χ2n) is 7.00. The molecule has 0 aliphatic heterocycles. The summed E-state index contributed by atoms with van der Waals surface area (Å²) in [6.07, 6.45) is -4.43. The summed E-state index contributed by atoms with van der Waals surface area (Å²) >= 11 is 17.6. The Bertz CT molecular complexity index is 1170. The molecule has 2 aromatic carbocycles. The van der Waals surface area contributed by atoms with Gasteiger partial charge in [-0.1, -0.05) is 47.6 Å². The number of rotatable bonds is 4. The minimum Gasteiger partial charge on any atom is -0.357 e. The largest absolute Gasteiger partial charge is 0.416 e. The third kappa shape index (κ3) is 4.53. The first kappa shape index (κ1) is 22.3. The van der Waals surface area contributed by atoms with Crippen molar-refractivity contribution < 1.29 is 13.2 Å². The van der Waals surface area contributed by atoms with E-state index in [0.717, 1.165) is 23.2 Å². The summed E-state index contributed by atoms with van der Waals surface area (Å²) in [4.78, 5) is 0.156. The number of benzene rings is 2. The van der Waals surface area contributed by atoms with Crippen LogP contribution in [0.25, 0.3) is 10.9 Å². The molecule has 10 heteroatoms. The van der Waals surface area contributed by atoms with Gasteiger partial charge in [-0.15, -0.1) is 0 Å². The molecular formula is C20H15Cl2F3N4S. The van der Waals surface area contributed by atoms with Gasteiger partial charge in [0.2, 0.25) is 0 Å². The fourth-order valence-corrected chi connectivity index (χ4v) is 3.86. The van der Waals surface area contributed by atoms with Gasteiger partial charge >= 0.3 is 6.18 Å². The minimum absolute atomic E-state index is 0.124. The van der Waals surface area contributed by atoms with Gasteiger partial charge in [-0.3, -0.25) is 4.68 Å². The number of aryl methyl sites for hydroxylation is 1. The van der Waals surface area contributed by atoms with Crippen molar-refractivity contribution in [2.24, 2.45) is 0 Å². The van der Waals surface area contributed by atoms with Crippen molar-refractivity contribution in [1.29, 1.82) is 5.26 Å². The molecule has 0 radical (unpaired) electrons. The molecule has 0 saturated heterocycles. The lowest BCUT2D eigenvalue weighted by Crippen LogP contribution is -2.48. The predicted octanol–water partition coefficient (Wildman–Crippen LogP) is 5.92. The maximum absolute atomic E-state index is 12.7. The molecule has 0 fully saturated rings. The van der Waals surface area contributed by atoms with E-state index in [2.05, 4.69) is 16.5 Å². The van der Waals surface area contributed by atoms with Gasteiger partial charge in [-0.2, -0.15) is 23.5 Å². The molecule has 1 N–H and O–H groups in total. The van der Waals surface area contributed by atoms with E-state index in [1.807, 2.05) is 6.92 Å². The Morgan fingerprint density at radius 3 is 2.43 bits per heavy atom. The first-order valence-corrected chi connectivity index (χ1v) is 9.83. The lowest BCUT2D eigenvalue weighted by atomic mass is 10.0. The highest BCUT2D eigenvalue weighted by atomic mass is 35.5. The van der Waals surface area contributed by atoms with E-state index in [0.29, 0.717) is 21.1 Å². The van der Waals surface area contributed by atoms with E-state index in [4.69, 9.17) is 35.4 Å². The number of nitriles is 1. The first-order valence-electron chi connectivity index (χ1n) is 8.67. The Balaban J connectivity index is 1.85. The van der Waals surface area contributed by atoms with Gasteiger partial charge in [-0.25, -0.2) is 0 Å². The number of nitrogens with one attached hydrogen (secondary N) is 1. The van der Waals surface area contributed by atoms with E-state index in [9.17, 15) is 18.4 Å². The van der Waals surface area contributed by atoms with Crippen LogP contribution in [0.1, 0.15) is 23.7 Å². The van der Waals surface area contributed by atoms with E-state index < -0.39 is 17.3 Å². The highest BCUT2D eigenvalue weighted by molar-refractivity contribution is 7.80. The monoisotopic (exact) mass is 470 g/mol. The molecule has 0 aliphatic rings. The van der Waals surface area contributed by atoms with Crippen molar-refractivity contribution >= 4 is 51.3 Å². The van der Waals surface area contributed by atoms with Gasteiger partial charge in [0.05, 0.1) is 23.2 Å². The molecule has 0 bridgehead atoms. The van der Waals surface area contributed by atoms with E-state index in [1.54, 1.807) is 23.7 Å². The standard InChI is InChI=1S/C20H15Cl2F3N4S/c1-11-15-7-14(21)8-16(22)17(15)28-29(11)10-19(2,9-26)27-18(30)12-3-5-13(6-4-12)20(23,24)25/h3-8H,10H2,1-2H3,(H,27,30). The molecule has 1 heterocycles. The molecular weight excluding hydrogens is 456 g/mol. The molecule has 0 aliphatic carbocycles. The number of thiocarbonyl (C=S) groups is 1. The third-order valence-electron chi connectivity index (χ3n) is 4.60. The van der Waals surface area contributed by atoms with Crippen LogP contribution in [0.4, 0.5) is 13.2 Å². The molecule has 0 spiro atoms. The maximum atomic E-state index is 12.7. The summed E-state index contributed by atoms with van der Waals surface area (Å²) in [6.45, 7) is 3.58. The second kappa shape index (κ2) is 8.06. The summed E-state index contributed by atoms with van der Waals surface area (Å²) in [6, 6.07) is 9.92. The highest BCUT2D eigenvalue weighted by Gasteiger charge is 2.31. The summed E-state index contributed by atoms with van der Waals surface area (Å²) < 4.78 is 39.9. The molecule has 3 aromatic rings. The van der Waals surface area contributed by atoms with Gasteiger partial charge < -0.3 is 5.32 Å². The fraction of sp³-hybridized carbons (Fsp3) is 0.250. The molecule has 3 rings (SSSR count). The van der Waals surface area contributed by atoms with Crippen molar-refractivity contribution in [2.45, 2.75) is 32.1 Å². The van der Waals surface area contributed by atoms with Crippen LogP contribution < -0.4 is 5.32 Å². The quantitative estimate of drug-likeness (QED) is 0.481. The van der Waals surface area contributed by atoms with Crippen LogP contribution in [-0.4, -0.2) is 20.3 Å². The topological polar surface area (TPSA) is 53.6 Å². The number of aromatic nitrogens is 2. The van der Waals surface area contributed by atoms with Crippen LogP contribution in [0.15, 0.2) is 36.4 Å². The zero-order valence-corrected chi connectivity index (χ0v) is 18.1. The molecule has 1 aromatic heterocycles. The number of alkyl halides is 3. The van der Waals surface area contributed by atoms with E-state index in [-0.39, 0.29) is 11.5 Å². The van der Waals surface area contributed by atoms with Crippen LogP contribution in [0, 0.1) is 18.3 Å². The van der Waals surface area contributed by atoms with Crippen LogP contribution in [0.3, 0.4) is 0 Å². The summed E-state index contributed by atoms with van der Waals surface area (Å²) in [5, 5.41) is 18.8. The van der Waals surface area contributed by atoms with Gasteiger partial charge in [0.1, 0.15) is 16.0 Å². The summed E-state index contributed by atoms with van der Waals surface area (Å²) in [7, 11) is 0. The Morgan fingerprint density at radius 2 is 1.87 bits per heavy atom. The van der Waals surface area contributed by atoms with Gasteiger partial charge in [0.15, 0.2) is 0 Å². The van der Waals surface area contributed by atoms with Crippen LogP contribution in [0.5, 0.6) is 0 Å². The second-order valence-corrected chi connectivity index (χ2v) is 8.25. The Labute approximate surface area is 186 Å². The lowest BCUT2D eigenvalue weighted by molar-refractivity contribution is -0.137. The number of halogens is 5. The van der Waals surface area contributed by atoms with Gasteiger partial charge in [0.25, 0.3) is 0 Å². The van der Waals surface area contributed by atoms with Crippen LogP contribution in [-0.2, 0) is 12.7 Å². The van der Waals surface area contributed by atoms with Gasteiger partial charge in [-0.05, 0) is 38.1 Å². The fourth-order valence-electron chi connectivity index (χ4n) is 2.97. The molecule has 0 amide bonds.